The van der Waals surface area contributed by atoms with Crippen LogP contribution in [0.5, 0.6) is 0 Å². The Bertz CT molecular complexity index is 504. The van der Waals surface area contributed by atoms with Gasteiger partial charge >= 0.3 is 6.03 Å². The van der Waals surface area contributed by atoms with E-state index in [9.17, 15) is 9.90 Å². The van der Waals surface area contributed by atoms with E-state index in [2.05, 4.69) is 5.32 Å². The molecule has 5 heteroatoms. The number of aliphatic hydroxyl groups excluding tert-OH is 1. The van der Waals surface area contributed by atoms with Crippen LogP contribution in [0, 0.1) is 5.92 Å². The topological polar surface area (TPSA) is 61.8 Å². The maximum atomic E-state index is 12.2. The fourth-order valence-corrected chi connectivity index (χ4v) is 2.85. The van der Waals surface area contributed by atoms with Crippen molar-refractivity contribution in [2.75, 3.05) is 25.0 Å². The van der Waals surface area contributed by atoms with E-state index in [-0.39, 0.29) is 18.6 Å². The summed E-state index contributed by atoms with van der Waals surface area (Å²) in [5.74, 6) is 0.211. The molecule has 1 aromatic carbocycles. The first-order chi connectivity index (χ1) is 9.76. The van der Waals surface area contributed by atoms with Crippen molar-refractivity contribution in [2.45, 2.75) is 26.1 Å². The van der Waals surface area contributed by atoms with E-state index in [1.165, 1.54) is 5.56 Å². The van der Waals surface area contributed by atoms with Crippen molar-refractivity contribution in [3.8, 4) is 0 Å². The predicted octanol–water partition coefficient (Wildman–Crippen LogP) is 1.95. The number of aliphatic hydroxyl groups is 1. The van der Waals surface area contributed by atoms with Crippen LogP contribution in [0.1, 0.15) is 24.0 Å². The van der Waals surface area contributed by atoms with Crippen LogP contribution in [0.25, 0.3) is 0 Å². The summed E-state index contributed by atoms with van der Waals surface area (Å²) < 4.78 is 5.37. The highest BCUT2D eigenvalue weighted by atomic mass is 16.5. The minimum atomic E-state index is -0.0815. The second-order valence-electron chi connectivity index (χ2n) is 5.54. The fraction of sp³-hybridized carbons (Fsp3) is 0.533. The second-order valence-corrected chi connectivity index (χ2v) is 5.54. The third-order valence-electron chi connectivity index (χ3n) is 4.04. The number of benzene rings is 1. The van der Waals surface area contributed by atoms with Crippen LogP contribution >= 0.6 is 0 Å². The number of hydrogen-bond acceptors (Lipinski definition) is 3. The number of hydrogen-bond donors (Lipinski definition) is 2. The van der Waals surface area contributed by atoms with Crippen molar-refractivity contribution >= 4 is 11.7 Å². The molecule has 0 saturated carbocycles. The van der Waals surface area contributed by atoms with Crippen molar-refractivity contribution in [1.82, 2.24) is 4.90 Å². The summed E-state index contributed by atoms with van der Waals surface area (Å²) in [4.78, 5) is 14.0. The van der Waals surface area contributed by atoms with Crippen LogP contribution in [0.2, 0.25) is 0 Å². The molecule has 2 heterocycles. The molecule has 0 aliphatic carbocycles. The van der Waals surface area contributed by atoms with Gasteiger partial charge in [0.05, 0.1) is 13.2 Å². The molecule has 2 amide bonds. The lowest BCUT2D eigenvalue weighted by Gasteiger charge is -2.31. The fourth-order valence-electron chi connectivity index (χ4n) is 2.85. The number of likely N-dealkylation sites (tertiary alicyclic amines) is 1. The summed E-state index contributed by atoms with van der Waals surface area (Å²) in [5.41, 5.74) is 3.15. The van der Waals surface area contributed by atoms with Gasteiger partial charge in [0.25, 0.3) is 0 Å². The summed E-state index contributed by atoms with van der Waals surface area (Å²) >= 11 is 0. The summed E-state index contributed by atoms with van der Waals surface area (Å²) in [5, 5.41) is 12.1. The van der Waals surface area contributed by atoms with Gasteiger partial charge in [-0.25, -0.2) is 4.79 Å². The van der Waals surface area contributed by atoms with Gasteiger partial charge in [-0.1, -0.05) is 6.07 Å². The molecule has 1 fully saturated rings. The van der Waals surface area contributed by atoms with Crippen molar-refractivity contribution < 1.29 is 14.6 Å². The van der Waals surface area contributed by atoms with E-state index in [0.29, 0.717) is 19.8 Å². The molecule has 0 aromatic heterocycles. The first-order valence-corrected chi connectivity index (χ1v) is 7.12. The molecule has 3 rings (SSSR count). The minimum Gasteiger partial charge on any atom is -0.396 e. The zero-order chi connectivity index (χ0) is 13.9. The average molecular weight is 276 g/mol. The Morgan fingerprint density at radius 2 is 2.25 bits per heavy atom. The van der Waals surface area contributed by atoms with E-state index in [4.69, 9.17) is 4.74 Å². The molecule has 1 atom stereocenters. The minimum absolute atomic E-state index is 0.0815. The quantitative estimate of drug-likeness (QED) is 0.868. The standard InChI is InChI=1S/C15H20N2O3/c18-8-11-2-1-5-17(7-11)15(19)16-14-4-3-12-9-20-10-13(12)6-14/h3-4,6,11,18H,1-2,5,7-10H2,(H,16,19). The van der Waals surface area contributed by atoms with Gasteiger partial charge in [0.15, 0.2) is 0 Å². The number of carbonyl (C=O) groups excluding carboxylic acids is 1. The number of anilines is 1. The van der Waals surface area contributed by atoms with Gasteiger partial charge in [-0.3, -0.25) is 0 Å². The Balaban J connectivity index is 1.63. The highest BCUT2D eigenvalue weighted by Gasteiger charge is 2.23. The van der Waals surface area contributed by atoms with E-state index < -0.39 is 0 Å². The van der Waals surface area contributed by atoms with Crippen LogP contribution in [-0.4, -0.2) is 35.7 Å². The Morgan fingerprint density at radius 3 is 3.10 bits per heavy atom. The van der Waals surface area contributed by atoms with Gasteiger partial charge in [0, 0.05) is 25.4 Å². The SMILES string of the molecule is O=C(Nc1ccc2c(c1)COC2)N1CCCC(CO)C1. The van der Waals surface area contributed by atoms with Crippen molar-refractivity contribution in [3.63, 3.8) is 0 Å². The van der Waals surface area contributed by atoms with Gasteiger partial charge in [-0.15, -0.1) is 0 Å². The summed E-state index contributed by atoms with van der Waals surface area (Å²) in [7, 11) is 0. The number of amides is 2. The highest BCUT2D eigenvalue weighted by Crippen LogP contribution is 2.24. The molecule has 1 aromatic rings. The lowest BCUT2D eigenvalue weighted by Crippen LogP contribution is -2.43. The van der Waals surface area contributed by atoms with Crippen LogP contribution in [0.3, 0.4) is 0 Å². The van der Waals surface area contributed by atoms with Crippen LogP contribution in [-0.2, 0) is 18.0 Å². The molecule has 0 radical (unpaired) electrons. The molecule has 1 saturated heterocycles. The maximum absolute atomic E-state index is 12.2. The monoisotopic (exact) mass is 276 g/mol. The number of rotatable bonds is 2. The van der Waals surface area contributed by atoms with Crippen molar-refractivity contribution in [1.29, 1.82) is 0 Å². The normalized spacial score (nSPS) is 21.6. The molecule has 0 spiro atoms. The predicted molar refractivity (Wildman–Crippen MR) is 75.3 cm³/mol. The summed E-state index contributed by atoms with van der Waals surface area (Å²) in [6.07, 6.45) is 1.95. The number of urea groups is 1. The summed E-state index contributed by atoms with van der Waals surface area (Å²) in [6.45, 7) is 2.83. The Morgan fingerprint density at radius 1 is 1.40 bits per heavy atom. The number of piperidine rings is 1. The molecule has 2 aliphatic heterocycles. The molecule has 2 aliphatic rings. The number of fused-ring (bicyclic) bond motifs is 1. The molecule has 0 bridgehead atoms. The first-order valence-electron chi connectivity index (χ1n) is 7.12. The van der Waals surface area contributed by atoms with E-state index >= 15 is 0 Å². The van der Waals surface area contributed by atoms with Gasteiger partial charge < -0.3 is 20.1 Å². The number of carbonyl (C=O) groups is 1. The van der Waals surface area contributed by atoms with Crippen LogP contribution in [0.4, 0.5) is 10.5 Å². The Kier molecular flexibility index (Phi) is 3.89. The van der Waals surface area contributed by atoms with Crippen molar-refractivity contribution in [2.24, 2.45) is 5.92 Å². The largest absolute Gasteiger partial charge is 0.396 e. The lowest BCUT2D eigenvalue weighted by molar-refractivity contribution is 0.134. The molecule has 108 valence electrons. The van der Waals surface area contributed by atoms with Crippen LogP contribution in [0.15, 0.2) is 18.2 Å². The molecular weight excluding hydrogens is 256 g/mol. The highest BCUT2D eigenvalue weighted by molar-refractivity contribution is 5.89. The number of ether oxygens (including phenoxy) is 1. The second kappa shape index (κ2) is 5.81. The van der Waals surface area contributed by atoms with Crippen molar-refractivity contribution in [3.05, 3.63) is 29.3 Å². The average Bonchev–Trinajstić information content (AvgIpc) is 2.95. The molecule has 20 heavy (non-hydrogen) atoms. The molecule has 1 unspecified atom stereocenters. The zero-order valence-electron chi connectivity index (χ0n) is 11.5. The molecule has 2 N–H and O–H groups in total. The lowest BCUT2D eigenvalue weighted by atomic mass is 9.99. The van der Waals surface area contributed by atoms with Gasteiger partial charge in [0.1, 0.15) is 0 Å². The van der Waals surface area contributed by atoms with E-state index in [1.54, 1.807) is 4.90 Å². The number of nitrogens with zero attached hydrogens (tertiary/aromatic N) is 1. The Hall–Kier alpha value is -1.59. The zero-order valence-corrected chi connectivity index (χ0v) is 11.5. The third-order valence-corrected chi connectivity index (χ3v) is 4.04. The molecular formula is C15H20N2O3. The summed E-state index contributed by atoms with van der Waals surface area (Å²) in [6, 6.07) is 5.82. The van der Waals surface area contributed by atoms with E-state index in [0.717, 1.165) is 30.6 Å². The number of nitrogens with one attached hydrogen (secondary N) is 1. The smallest absolute Gasteiger partial charge is 0.321 e. The Labute approximate surface area is 118 Å². The first kappa shape index (κ1) is 13.4. The van der Waals surface area contributed by atoms with Gasteiger partial charge in [-0.2, -0.15) is 0 Å². The molecule has 5 nitrogen and oxygen atoms in total. The van der Waals surface area contributed by atoms with Crippen LogP contribution < -0.4 is 5.32 Å². The van der Waals surface area contributed by atoms with E-state index in [1.807, 2.05) is 18.2 Å². The van der Waals surface area contributed by atoms with Gasteiger partial charge in [-0.05, 0) is 42.0 Å². The third kappa shape index (κ3) is 2.78. The maximum Gasteiger partial charge on any atom is 0.321 e. The van der Waals surface area contributed by atoms with Gasteiger partial charge in [0.2, 0.25) is 0 Å².